The number of ether oxygens (including phenoxy) is 3. The third kappa shape index (κ3) is 4.96. The molecule has 3 aromatic rings. The Kier molecular flexibility index (Phi) is 7.11. The maximum absolute atomic E-state index is 14.0. The summed E-state index contributed by atoms with van der Waals surface area (Å²) in [6.07, 6.45) is 0.690. The number of carbonyl (C=O) groups excluding carboxylic acids is 2. The van der Waals surface area contributed by atoms with Crippen LogP contribution in [0.4, 0.5) is 15.8 Å². The fourth-order valence-corrected chi connectivity index (χ4v) is 4.98. The first-order valence-electron chi connectivity index (χ1n) is 10.8. The summed E-state index contributed by atoms with van der Waals surface area (Å²) < 4.78 is 57.8. The molecular weight excluding hydrogens is 491 g/mol. The van der Waals surface area contributed by atoms with Crippen molar-refractivity contribution in [2.75, 3.05) is 37.0 Å². The lowest BCUT2D eigenvalue weighted by Crippen LogP contribution is -2.33. The number of para-hydroxylation sites is 2. The molecule has 188 valence electrons. The van der Waals surface area contributed by atoms with Crippen LogP contribution >= 0.6 is 0 Å². The number of hydrogen-bond acceptors (Lipinski definition) is 7. The van der Waals surface area contributed by atoms with E-state index >= 15 is 0 Å². The van der Waals surface area contributed by atoms with E-state index in [1.54, 1.807) is 0 Å². The van der Waals surface area contributed by atoms with Crippen LogP contribution in [0.1, 0.15) is 15.9 Å². The molecule has 1 aliphatic rings. The van der Waals surface area contributed by atoms with Crippen molar-refractivity contribution in [3.05, 3.63) is 77.6 Å². The van der Waals surface area contributed by atoms with E-state index in [1.807, 2.05) is 24.3 Å². The first-order valence-corrected chi connectivity index (χ1v) is 12.3. The van der Waals surface area contributed by atoms with Crippen LogP contribution in [0.15, 0.2) is 65.6 Å². The quantitative estimate of drug-likeness (QED) is 0.459. The molecule has 1 aliphatic heterocycles. The number of carbonyl (C=O) groups is 2. The largest absolute Gasteiger partial charge is 0.493 e. The number of nitrogens with zero attached hydrogens (tertiary/aromatic N) is 1. The molecule has 36 heavy (non-hydrogen) atoms. The highest BCUT2D eigenvalue weighted by Crippen LogP contribution is 2.35. The first-order chi connectivity index (χ1) is 17.2. The van der Waals surface area contributed by atoms with Gasteiger partial charge < -0.3 is 19.1 Å². The number of hydrogen-bond donors (Lipinski definition) is 1. The van der Waals surface area contributed by atoms with Crippen LogP contribution < -0.4 is 19.1 Å². The van der Waals surface area contributed by atoms with Gasteiger partial charge in [-0.25, -0.2) is 17.6 Å². The predicted octanol–water partition coefficient (Wildman–Crippen LogP) is 3.39. The summed E-state index contributed by atoms with van der Waals surface area (Å²) in [5.74, 6) is -2.34. The second-order valence-electron chi connectivity index (χ2n) is 7.79. The molecule has 3 aromatic carbocycles. The van der Waals surface area contributed by atoms with Gasteiger partial charge in [0.1, 0.15) is 11.4 Å². The molecular formula is C25H23FN2O7S. The Morgan fingerprint density at radius 2 is 1.75 bits per heavy atom. The lowest BCUT2D eigenvalue weighted by Gasteiger charge is -2.18. The molecule has 0 radical (unpaired) electrons. The molecule has 1 heterocycles. The van der Waals surface area contributed by atoms with Gasteiger partial charge in [-0.2, -0.15) is 0 Å². The average Bonchev–Trinajstić information content (AvgIpc) is 3.31. The smallest absolute Gasteiger partial charge is 0.342 e. The molecule has 0 atom stereocenters. The van der Waals surface area contributed by atoms with E-state index in [0.717, 1.165) is 29.4 Å². The second-order valence-corrected chi connectivity index (χ2v) is 9.47. The van der Waals surface area contributed by atoms with Crippen LogP contribution in [0.3, 0.4) is 0 Å². The number of anilines is 2. The zero-order valence-electron chi connectivity index (χ0n) is 19.5. The number of esters is 1. The summed E-state index contributed by atoms with van der Waals surface area (Å²) in [7, 11) is -1.80. The van der Waals surface area contributed by atoms with Crippen molar-refractivity contribution in [1.29, 1.82) is 0 Å². The molecule has 4 rings (SSSR count). The van der Waals surface area contributed by atoms with E-state index in [9.17, 15) is 22.4 Å². The van der Waals surface area contributed by atoms with Gasteiger partial charge in [0.05, 0.1) is 24.8 Å². The van der Waals surface area contributed by atoms with Gasteiger partial charge in [-0.1, -0.05) is 30.3 Å². The highest BCUT2D eigenvalue weighted by Gasteiger charge is 2.28. The lowest BCUT2D eigenvalue weighted by molar-refractivity contribution is -0.121. The van der Waals surface area contributed by atoms with Gasteiger partial charge >= 0.3 is 5.97 Å². The molecule has 11 heteroatoms. The van der Waals surface area contributed by atoms with E-state index < -0.39 is 39.2 Å². The van der Waals surface area contributed by atoms with E-state index in [2.05, 4.69) is 4.72 Å². The van der Waals surface area contributed by atoms with Crippen molar-refractivity contribution in [1.82, 2.24) is 0 Å². The van der Waals surface area contributed by atoms with Gasteiger partial charge in [0, 0.05) is 18.3 Å². The zero-order valence-corrected chi connectivity index (χ0v) is 20.3. The molecule has 0 saturated carbocycles. The minimum absolute atomic E-state index is 0.0688. The summed E-state index contributed by atoms with van der Waals surface area (Å²) in [5.41, 5.74) is 1.22. The van der Waals surface area contributed by atoms with E-state index in [0.29, 0.717) is 13.0 Å². The highest BCUT2D eigenvalue weighted by atomic mass is 32.2. The Labute approximate surface area is 207 Å². The normalized spacial score (nSPS) is 12.6. The van der Waals surface area contributed by atoms with Crippen LogP contribution in [0.5, 0.6) is 11.5 Å². The van der Waals surface area contributed by atoms with Crippen molar-refractivity contribution in [2.24, 2.45) is 0 Å². The van der Waals surface area contributed by atoms with Gasteiger partial charge in [0.2, 0.25) is 0 Å². The third-order valence-corrected chi connectivity index (χ3v) is 6.96. The zero-order chi connectivity index (χ0) is 25.9. The number of fused-ring (bicyclic) bond motifs is 1. The fourth-order valence-electron chi connectivity index (χ4n) is 3.87. The van der Waals surface area contributed by atoms with Crippen LogP contribution in [0.25, 0.3) is 0 Å². The summed E-state index contributed by atoms with van der Waals surface area (Å²) in [6, 6.07) is 14.8. The number of methoxy groups -OCH3 is 2. The van der Waals surface area contributed by atoms with Crippen LogP contribution in [-0.2, 0) is 26.0 Å². The Morgan fingerprint density at radius 1 is 1.03 bits per heavy atom. The SMILES string of the molecule is COc1cc(S(=O)(=O)Nc2ccccc2F)cc(C(=O)OCC(=O)N2CCc3ccccc32)c1OC. The summed E-state index contributed by atoms with van der Waals surface area (Å²) in [5, 5.41) is 0. The second kappa shape index (κ2) is 10.2. The standard InChI is InChI=1S/C25H23FN2O7S/c1-33-22-14-17(36(31,32)27-20-9-5-4-8-19(20)26)13-18(24(22)34-2)25(30)35-15-23(29)28-12-11-16-7-3-6-10-21(16)28/h3-10,13-14,27H,11-12,15H2,1-2H3. The molecule has 1 N–H and O–H groups in total. The monoisotopic (exact) mass is 514 g/mol. The number of benzene rings is 3. The third-order valence-electron chi connectivity index (χ3n) is 5.62. The maximum atomic E-state index is 14.0. The summed E-state index contributed by atoms with van der Waals surface area (Å²) in [6.45, 7) is -0.106. The van der Waals surface area contributed by atoms with Crippen LogP contribution in [0, 0.1) is 5.82 Å². The number of amides is 1. The molecule has 0 spiro atoms. The summed E-state index contributed by atoms with van der Waals surface area (Å²) in [4.78, 5) is 26.8. The summed E-state index contributed by atoms with van der Waals surface area (Å²) >= 11 is 0. The number of sulfonamides is 1. The molecule has 0 unspecified atom stereocenters. The van der Waals surface area contributed by atoms with Crippen molar-refractivity contribution in [2.45, 2.75) is 11.3 Å². The number of rotatable bonds is 8. The van der Waals surface area contributed by atoms with Crippen molar-refractivity contribution in [3.8, 4) is 11.5 Å². The van der Waals surface area contributed by atoms with E-state index in [-0.39, 0.29) is 22.7 Å². The Balaban J connectivity index is 1.58. The minimum atomic E-state index is -4.34. The molecule has 0 aromatic heterocycles. The molecule has 1 amide bonds. The van der Waals surface area contributed by atoms with E-state index in [1.165, 1.54) is 37.3 Å². The number of halogens is 1. The van der Waals surface area contributed by atoms with Gasteiger partial charge in [-0.3, -0.25) is 9.52 Å². The van der Waals surface area contributed by atoms with Crippen molar-refractivity contribution in [3.63, 3.8) is 0 Å². The molecule has 0 bridgehead atoms. The van der Waals surface area contributed by atoms with Crippen molar-refractivity contribution < 1.29 is 36.6 Å². The molecule has 0 fully saturated rings. The minimum Gasteiger partial charge on any atom is -0.493 e. The van der Waals surface area contributed by atoms with Gasteiger partial charge in [0.25, 0.3) is 15.9 Å². The van der Waals surface area contributed by atoms with Crippen LogP contribution in [0.2, 0.25) is 0 Å². The molecule has 0 saturated heterocycles. The topological polar surface area (TPSA) is 111 Å². The molecule has 0 aliphatic carbocycles. The lowest BCUT2D eigenvalue weighted by atomic mass is 10.2. The van der Waals surface area contributed by atoms with E-state index in [4.69, 9.17) is 14.2 Å². The maximum Gasteiger partial charge on any atom is 0.342 e. The Hall–Kier alpha value is -4.12. The predicted molar refractivity (Wildman–Crippen MR) is 130 cm³/mol. The first kappa shape index (κ1) is 25.0. The average molecular weight is 515 g/mol. The Bertz CT molecular complexity index is 1430. The fraction of sp³-hybridized carbons (Fsp3) is 0.200. The molecule has 9 nitrogen and oxygen atoms in total. The van der Waals surface area contributed by atoms with Crippen LogP contribution in [-0.4, -0.2) is 47.7 Å². The van der Waals surface area contributed by atoms with Gasteiger partial charge in [-0.05, 0) is 36.2 Å². The Morgan fingerprint density at radius 3 is 2.47 bits per heavy atom. The number of nitrogens with one attached hydrogen (secondary N) is 1. The highest BCUT2D eigenvalue weighted by molar-refractivity contribution is 7.92. The van der Waals surface area contributed by atoms with Crippen molar-refractivity contribution >= 4 is 33.3 Å². The van der Waals surface area contributed by atoms with Gasteiger partial charge in [0.15, 0.2) is 18.1 Å². The van der Waals surface area contributed by atoms with Gasteiger partial charge in [-0.15, -0.1) is 0 Å².